The fraction of sp³-hybridized carbons (Fsp3) is 0.200. The van der Waals surface area contributed by atoms with E-state index in [1.165, 1.54) is 30.3 Å². The van der Waals surface area contributed by atoms with Gasteiger partial charge in [0.2, 0.25) is 5.91 Å². The maximum Gasteiger partial charge on any atom is 0.269 e. The van der Waals surface area contributed by atoms with E-state index in [2.05, 4.69) is 20.8 Å². The number of halogens is 2. The Kier molecular flexibility index (Phi) is 7.90. The number of hydrogen-bond donors (Lipinski definition) is 2. The number of nitro groups is 1. The molecular weight excluding hydrogens is 491 g/mol. The second kappa shape index (κ2) is 10.6. The maximum absolute atomic E-state index is 12.5. The second-order valence-electron chi connectivity index (χ2n) is 6.86. The summed E-state index contributed by atoms with van der Waals surface area (Å²) in [5, 5.41) is 25.5. The average molecular weight is 509 g/mol. The number of amides is 2. The van der Waals surface area contributed by atoms with Gasteiger partial charge in [-0.3, -0.25) is 19.7 Å². The summed E-state index contributed by atoms with van der Waals surface area (Å²) in [6.07, 6.45) is 0. The minimum Gasteiger partial charge on any atom is -0.342 e. The normalized spacial score (nSPS) is 11.6. The van der Waals surface area contributed by atoms with Crippen molar-refractivity contribution in [1.29, 1.82) is 0 Å². The molecule has 0 aliphatic carbocycles. The van der Waals surface area contributed by atoms with Crippen molar-refractivity contribution in [2.45, 2.75) is 18.1 Å². The van der Waals surface area contributed by atoms with Gasteiger partial charge in [0.1, 0.15) is 0 Å². The van der Waals surface area contributed by atoms with Gasteiger partial charge >= 0.3 is 0 Å². The summed E-state index contributed by atoms with van der Waals surface area (Å²) >= 11 is 13.0. The maximum atomic E-state index is 12.5. The molecule has 0 radical (unpaired) electrons. The van der Waals surface area contributed by atoms with E-state index in [-0.39, 0.29) is 28.3 Å². The Balaban J connectivity index is 1.57. The Labute approximate surface area is 202 Å². The molecule has 13 heteroatoms. The number of nitro benzene ring substituents is 1. The number of thioether (sulfide) groups is 1. The Bertz CT molecular complexity index is 1200. The second-order valence-corrected chi connectivity index (χ2v) is 8.62. The van der Waals surface area contributed by atoms with Crippen LogP contribution in [-0.4, -0.2) is 37.3 Å². The number of carbonyl (C=O) groups excluding carboxylic acids is 2. The average Bonchev–Trinajstić information content (AvgIpc) is 3.14. The lowest BCUT2D eigenvalue weighted by Crippen LogP contribution is -2.28. The van der Waals surface area contributed by atoms with Crippen LogP contribution in [-0.2, 0) is 11.8 Å². The lowest BCUT2D eigenvalue weighted by Gasteiger charge is -2.14. The van der Waals surface area contributed by atoms with Gasteiger partial charge in [0.15, 0.2) is 11.0 Å². The van der Waals surface area contributed by atoms with Crippen LogP contribution in [0.25, 0.3) is 0 Å². The molecule has 0 saturated carbocycles. The molecule has 2 N–H and O–H groups in total. The summed E-state index contributed by atoms with van der Waals surface area (Å²) in [7, 11) is 1.73. The number of hydrogen-bond acceptors (Lipinski definition) is 7. The van der Waals surface area contributed by atoms with Crippen molar-refractivity contribution in [3.63, 3.8) is 0 Å². The van der Waals surface area contributed by atoms with E-state index in [1.54, 1.807) is 30.7 Å². The third kappa shape index (κ3) is 6.21. The van der Waals surface area contributed by atoms with Crippen molar-refractivity contribution in [3.8, 4) is 0 Å². The SMILES string of the molecule is C[C@@H](NC(=O)c1ccc(Cl)c(Cl)c1)c1nnc(SCC(=O)Nc2ccc([N+](=O)[O-])cc2)n1C. The summed E-state index contributed by atoms with van der Waals surface area (Å²) in [4.78, 5) is 34.9. The minimum atomic E-state index is -0.513. The van der Waals surface area contributed by atoms with Gasteiger partial charge in [-0.25, -0.2) is 0 Å². The first-order valence-electron chi connectivity index (χ1n) is 9.48. The van der Waals surface area contributed by atoms with Gasteiger partial charge in [-0.2, -0.15) is 0 Å². The van der Waals surface area contributed by atoms with Crippen molar-refractivity contribution >= 4 is 58.2 Å². The van der Waals surface area contributed by atoms with E-state index >= 15 is 0 Å². The first-order valence-corrected chi connectivity index (χ1v) is 11.2. The third-order valence-electron chi connectivity index (χ3n) is 4.48. The highest BCUT2D eigenvalue weighted by atomic mass is 35.5. The molecule has 172 valence electrons. The monoisotopic (exact) mass is 508 g/mol. The van der Waals surface area contributed by atoms with Gasteiger partial charge < -0.3 is 15.2 Å². The highest BCUT2D eigenvalue weighted by Gasteiger charge is 2.19. The summed E-state index contributed by atoms with van der Waals surface area (Å²) < 4.78 is 1.68. The molecule has 0 saturated heterocycles. The van der Waals surface area contributed by atoms with Crippen LogP contribution in [0.2, 0.25) is 10.0 Å². The summed E-state index contributed by atoms with van der Waals surface area (Å²) in [5.74, 6) is -0.103. The minimum absolute atomic E-state index is 0.0486. The highest BCUT2D eigenvalue weighted by molar-refractivity contribution is 7.99. The molecule has 0 aliphatic rings. The van der Waals surface area contributed by atoms with Crippen molar-refractivity contribution in [2.24, 2.45) is 7.05 Å². The summed E-state index contributed by atoms with van der Waals surface area (Å²) in [6.45, 7) is 1.76. The lowest BCUT2D eigenvalue weighted by molar-refractivity contribution is -0.384. The van der Waals surface area contributed by atoms with Gasteiger partial charge in [0.25, 0.3) is 11.6 Å². The molecule has 3 aromatic rings. The fourth-order valence-electron chi connectivity index (χ4n) is 2.80. The van der Waals surface area contributed by atoms with E-state index in [0.29, 0.717) is 27.3 Å². The Hall–Kier alpha value is -3.15. The largest absolute Gasteiger partial charge is 0.342 e. The Morgan fingerprint density at radius 2 is 1.85 bits per heavy atom. The fourth-order valence-corrected chi connectivity index (χ4v) is 3.82. The van der Waals surface area contributed by atoms with Crippen LogP contribution < -0.4 is 10.6 Å². The molecule has 0 unspecified atom stereocenters. The molecule has 2 amide bonds. The first kappa shape index (κ1) is 24.5. The molecule has 0 aliphatic heterocycles. The van der Waals surface area contributed by atoms with Gasteiger partial charge in [0.05, 0.1) is 26.8 Å². The molecule has 1 aromatic heterocycles. The number of rotatable bonds is 8. The number of nitrogens with one attached hydrogen (secondary N) is 2. The molecule has 0 spiro atoms. The van der Waals surface area contributed by atoms with Crippen molar-refractivity contribution in [2.75, 3.05) is 11.1 Å². The molecule has 1 atom stereocenters. The summed E-state index contributed by atoms with van der Waals surface area (Å²) in [5.41, 5.74) is 0.744. The van der Waals surface area contributed by atoms with E-state index in [4.69, 9.17) is 23.2 Å². The van der Waals surface area contributed by atoms with E-state index in [1.807, 2.05) is 0 Å². The lowest BCUT2D eigenvalue weighted by atomic mass is 10.2. The molecule has 2 aromatic carbocycles. The van der Waals surface area contributed by atoms with Gasteiger partial charge in [-0.15, -0.1) is 10.2 Å². The molecule has 3 rings (SSSR count). The molecular formula is C20H18Cl2N6O4S. The Morgan fingerprint density at radius 3 is 2.48 bits per heavy atom. The first-order chi connectivity index (χ1) is 15.7. The van der Waals surface area contributed by atoms with E-state index in [9.17, 15) is 19.7 Å². The number of nitrogens with zero attached hydrogens (tertiary/aromatic N) is 4. The van der Waals surface area contributed by atoms with Crippen LogP contribution in [0.15, 0.2) is 47.6 Å². The molecule has 0 bridgehead atoms. The van der Waals surface area contributed by atoms with Crippen molar-refractivity contribution in [1.82, 2.24) is 20.1 Å². The number of anilines is 1. The number of non-ortho nitro benzene ring substituents is 1. The number of aromatic nitrogens is 3. The number of benzene rings is 2. The van der Waals surface area contributed by atoms with Crippen molar-refractivity contribution < 1.29 is 14.5 Å². The predicted molar refractivity (Wildman–Crippen MR) is 126 cm³/mol. The van der Waals surface area contributed by atoms with Gasteiger partial charge in [-0.05, 0) is 37.3 Å². The van der Waals surface area contributed by atoms with E-state index in [0.717, 1.165) is 11.8 Å². The van der Waals surface area contributed by atoms with Gasteiger partial charge in [-0.1, -0.05) is 35.0 Å². The Morgan fingerprint density at radius 1 is 1.15 bits per heavy atom. The molecule has 10 nitrogen and oxygen atoms in total. The zero-order valence-corrected chi connectivity index (χ0v) is 19.7. The van der Waals surface area contributed by atoms with Crippen LogP contribution in [0.3, 0.4) is 0 Å². The van der Waals surface area contributed by atoms with Gasteiger partial charge in [0, 0.05) is 30.4 Å². The quantitative estimate of drug-likeness (QED) is 0.264. The highest BCUT2D eigenvalue weighted by Crippen LogP contribution is 2.24. The standard InChI is InChI=1S/C20H18Cl2N6O4S/c1-11(23-19(30)12-3-8-15(21)16(22)9-12)18-25-26-20(27(18)2)33-10-17(29)24-13-4-6-14(7-5-13)28(31)32/h3-9,11H,10H2,1-2H3,(H,23,30)(H,24,29)/t11-/m1/s1. The third-order valence-corrected chi connectivity index (χ3v) is 6.24. The topological polar surface area (TPSA) is 132 Å². The summed E-state index contributed by atoms with van der Waals surface area (Å²) in [6, 6.07) is 9.66. The zero-order chi connectivity index (χ0) is 24.1. The van der Waals surface area contributed by atoms with Crippen LogP contribution in [0.4, 0.5) is 11.4 Å². The number of carbonyl (C=O) groups is 2. The molecule has 0 fully saturated rings. The molecule has 33 heavy (non-hydrogen) atoms. The van der Waals surface area contributed by atoms with Crippen LogP contribution in [0, 0.1) is 10.1 Å². The smallest absolute Gasteiger partial charge is 0.269 e. The zero-order valence-electron chi connectivity index (χ0n) is 17.4. The molecule has 1 heterocycles. The van der Waals surface area contributed by atoms with E-state index < -0.39 is 11.0 Å². The van der Waals surface area contributed by atoms with Crippen LogP contribution in [0.1, 0.15) is 29.1 Å². The van der Waals surface area contributed by atoms with Crippen LogP contribution in [0.5, 0.6) is 0 Å². The predicted octanol–water partition coefficient (Wildman–Crippen LogP) is 4.25. The van der Waals surface area contributed by atoms with Crippen LogP contribution >= 0.6 is 35.0 Å². The van der Waals surface area contributed by atoms with Crippen molar-refractivity contribution in [3.05, 3.63) is 74.0 Å².